The van der Waals surface area contributed by atoms with E-state index in [0.29, 0.717) is 10.2 Å². The smallest absolute Gasteiger partial charge is 0.339 e. The predicted molar refractivity (Wildman–Crippen MR) is 97.1 cm³/mol. The molecule has 0 aliphatic heterocycles. The van der Waals surface area contributed by atoms with Gasteiger partial charge in [-0.2, -0.15) is 8.78 Å². The summed E-state index contributed by atoms with van der Waals surface area (Å²) in [5, 5.41) is 0.529. The van der Waals surface area contributed by atoms with E-state index in [0.717, 1.165) is 10.4 Å². The number of alkyl halides is 2. The van der Waals surface area contributed by atoms with Gasteiger partial charge in [-0.15, -0.1) is 11.3 Å². The number of thiophene rings is 1. The summed E-state index contributed by atoms with van der Waals surface area (Å²) in [4.78, 5) is 33.0. The second-order valence-electron chi connectivity index (χ2n) is 5.43. The number of aryl methyl sites for hydroxylation is 2. The number of benzene rings is 1. The van der Waals surface area contributed by atoms with Gasteiger partial charge in [0.2, 0.25) is 0 Å². The summed E-state index contributed by atoms with van der Waals surface area (Å²) in [5.41, 5.74) is 0.626. The first-order chi connectivity index (χ1) is 12.4. The molecule has 0 atom stereocenters. The van der Waals surface area contributed by atoms with Gasteiger partial charge in [-0.1, -0.05) is 23.9 Å². The van der Waals surface area contributed by atoms with Crippen molar-refractivity contribution in [2.24, 2.45) is 0 Å². The first-order valence-corrected chi connectivity index (χ1v) is 9.26. The summed E-state index contributed by atoms with van der Waals surface area (Å²) in [6.45, 7) is 3.49. The number of carbonyl (C=O) groups excluding carboxylic acids is 1. The minimum atomic E-state index is -2.64. The number of esters is 1. The van der Waals surface area contributed by atoms with Crippen molar-refractivity contribution in [3.05, 3.63) is 56.4 Å². The van der Waals surface area contributed by atoms with Crippen LogP contribution in [0.3, 0.4) is 0 Å². The normalized spacial score (nSPS) is 11.3. The van der Waals surface area contributed by atoms with E-state index in [1.54, 1.807) is 12.1 Å². The number of nitrogens with zero attached hydrogens (tertiary/aromatic N) is 1. The molecule has 0 saturated heterocycles. The molecule has 3 rings (SSSR count). The van der Waals surface area contributed by atoms with E-state index >= 15 is 0 Å². The van der Waals surface area contributed by atoms with Crippen molar-refractivity contribution in [2.45, 2.75) is 31.1 Å². The number of H-pyrrole nitrogens is 1. The van der Waals surface area contributed by atoms with Crippen LogP contribution < -0.4 is 5.56 Å². The largest absolute Gasteiger partial charge is 0.454 e. The quantitative estimate of drug-likeness (QED) is 0.515. The number of nitrogens with one attached hydrogen (secondary N) is 1. The average Bonchev–Trinajstić information content (AvgIpc) is 2.87. The summed E-state index contributed by atoms with van der Waals surface area (Å²) in [7, 11) is 0. The molecular formula is C17H14F2N2O3S2. The molecular weight excluding hydrogens is 382 g/mol. The number of fused-ring (bicyclic) bond motifs is 1. The van der Waals surface area contributed by atoms with Gasteiger partial charge in [-0.05, 0) is 31.5 Å². The second-order valence-corrected chi connectivity index (χ2v) is 7.66. The molecule has 3 aromatic rings. The Bertz CT molecular complexity index is 1030. The molecule has 5 nitrogen and oxygen atoms in total. The summed E-state index contributed by atoms with van der Waals surface area (Å²) in [6, 6.07) is 5.97. The molecule has 1 aromatic carbocycles. The Balaban J connectivity index is 1.80. The van der Waals surface area contributed by atoms with Crippen LogP contribution in [0.25, 0.3) is 10.2 Å². The first-order valence-electron chi connectivity index (χ1n) is 7.56. The maximum Gasteiger partial charge on any atom is 0.339 e. The third kappa shape index (κ3) is 3.78. The van der Waals surface area contributed by atoms with Crippen molar-refractivity contribution in [2.75, 3.05) is 0 Å². The van der Waals surface area contributed by atoms with Gasteiger partial charge in [0, 0.05) is 9.77 Å². The Morgan fingerprint density at radius 2 is 2.08 bits per heavy atom. The van der Waals surface area contributed by atoms with Crippen LogP contribution in [0.4, 0.5) is 8.78 Å². The standard InChI is InChI=1S/C17H14F2N2O3S2/c1-8-9(2)25-15-13(8)14(22)20-12(21-15)7-24-16(23)10-5-3-4-6-11(10)26-17(18)19/h3-6,17H,7H2,1-2H3,(H,20,21,22). The van der Waals surface area contributed by atoms with E-state index < -0.39 is 11.7 Å². The maximum absolute atomic E-state index is 12.6. The van der Waals surface area contributed by atoms with Crippen LogP contribution in [0.5, 0.6) is 0 Å². The van der Waals surface area contributed by atoms with E-state index in [1.165, 1.54) is 23.5 Å². The average molecular weight is 396 g/mol. The molecule has 0 saturated carbocycles. The number of hydrogen-bond acceptors (Lipinski definition) is 6. The van der Waals surface area contributed by atoms with E-state index in [4.69, 9.17) is 4.74 Å². The molecule has 26 heavy (non-hydrogen) atoms. The molecule has 0 amide bonds. The highest BCUT2D eigenvalue weighted by Crippen LogP contribution is 2.29. The van der Waals surface area contributed by atoms with Gasteiger partial charge in [0.25, 0.3) is 11.3 Å². The minimum Gasteiger partial charge on any atom is -0.454 e. The first kappa shape index (κ1) is 18.5. The highest BCUT2D eigenvalue weighted by atomic mass is 32.2. The third-order valence-electron chi connectivity index (χ3n) is 3.75. The molecule has 136 valence electrons. The van der Waals surface area contributed by atoms with Gasteiger partial charge in [-0.3, -0.25) is 4.79 Å². The predicted octanol–water partition coefficient (Wildman–Crippen LogP) is 4.27. The summed E-state index contributed by atoms with van der Waals surface area (Å²) >= 11 is 1.67. The number of aromatic amines is 1. The Morgan fingerprint density at radius 1 is 1.35 bits per heavy atom. The number of carbonyl (C=O) groups is 1. The lowest BCUT2D eigenvalue weighted by Crippen LogP contribution is -2.14. The fraction of sp³-hybridized carbons (Fsp3) is 0.235. The van der Waals surface area contributed by atoms with Crippen LogP contribution in [0.2, 0.25) is 0 Å². The lowest BCUT2D eigenvalue weighted by molar-refractivity contribution is 0.0458. The zero-order chi connectivity index (χ0) is 18.8. The SMILES string of the molecule is Cc1sc2nc(COC(=O)c3ccccc3SC(F)F)[nH]c(=O)c2c1C. The third-order valence-corrected chi connectivity index (χ3v) is 5.64. The van der Waals surface area contributed by atoms with Gasteiger partial charge in [0.05, 0.1) is 10.9 Å². The van der Waals surface area contributed by atoms with Crippen LogP contribution in [0, 0.1) is 13.8 Å². The van der Waals surface area contributed by atoms with Crippen LogP contribution >= 0.6 is 23.1 Å². The molecule has 0 fully saturated rings. The Hall–Kier alpha value is -2.26. The molecule has 2 aromatic heterocycles. The minimum absolute atomic E-state index is 0.0454. The summed E-state index contributed by atoms with van der Waals surface area (Å²) in [6.07, 6.45) is 0. The van der Waals surface area contributed by atoms with Gasteiger partial charge in [-0.25, -0.2) is 9.78 Å². The number of rotatable bonds is 5. The van der Waals surface area contributed by atoms with Crippen molar-refractivity contribution in [1.29, 1.82) is 0 Å². The number of aromatic nitrogens is 2. The molecule has 0 bridgehead atoms. The van der Waals surface area contributed by atoms with Crippen LogP contribution in [-0.4, -0.2) is 21.7 Å². The number of hydrogen-bond donors (Lipinski definition) is 1. The summed E-state index contributed by atoms with van der Waals surface area (Å²) < 4.78 is 30.4. The number of halogens is 2. The molecule has 1 N–H and O–H groups in total. The van der Waals surface area contributed by atoms with E-state index in [1.807, 2.05) is 13.8 Å². The Morgan fingerprint density at radius 3 is 2.81 bits per heavy atom. The molecule has 0 aliphatic rings. The lowest BCUT2D eigenvalue weighted by Gasteiger charge is -2.08. The highest BCUT2D eigenvalue weighted by Gasteiger charge is 2.17. The second kappa shape index (κ2) is 7.55. The highest BCUT2D eigenvalue weighted by molar-refractivity contribution is 7.99. The zero-order valence-corrected chi connectivity index (χ0v) is 15.5. The maximum atomic E-state index is 12.6. The molecule has 0 unspecified atom stereocenters. The Kier molecular flexibility index (Phi) is 5.38. The van der Waals surface area contributed by atoms with Gasteiger partial charge >= 0.3 is 5.97 Å². The van der Waals surface area contributed by atoms with Crippen molar-refractivity contribution >= 4 is 39.3 Å². The number of thioether (sulfide) groups is 1. The van der Waals surface area contributed by atoms with Crippen molar-refractivity contribution in [1.82, 2.24) is 9.97 Å². The van der Waals surface area contributed by atoms with Crippen molar-refractivity contribution in [3.63, 3.8) is 0 Å². The number of ether oxygens (including phenoxy) is 1. The van der Waals surface area contributed by atoms with Crippen LogP contribution in [0.1, 0.15) is 26.6 Å². The fourth-order valence-electron chi connectivity index (χ4n) is 2.41. The van der Waals surface area contributed by atoms with Crippen LogP contribution in [-0.2, 0) is 11.3 Å². The molecule has 0 aliphatic carbocycles. The lowest BCUT2D eigenvalue weighted by atomic mass is 10.2. The van der Waals surface area contributed by atoms with Crippen molar-refractivity contribution < 1.29 is 18.3 Å². The zero-order valence-electron chi connectivity index (χ0n) is 13.8. The van der Waals surface area contributed by atoms with Gasteiger partial charge < -0.3 is 9.72 Å². The Labute approximate surface area is 155 Å². The topological polar surface area (TPSA) is 72.0 Å². The van der Waals surface area contributed by atoms with E-state index in [-0.39, 0.29) is 40.2 Å². The molecule has 2 heterocycles. The summed E-state index contributed by atoms with van der Waals surface area (Å²) in [5.74, 6) is -3.19. The van der Waals surface area contributed by atoms with Gasteiger partial charge in [0.15, 0.2) is 0 Å². The molecule has 9 heteroatoms. The van der Waals surface area contributed by atoms with E-state index in [2.05, 4.69) is 9.97 Å². The molecule has 0 radical (unpaired) electrons. The molecule has 0 spiro atoms. The van der Waals surface area contributed by atoms with E-state index in [9.17, 15) is 18.4 Å². The fourth-order valence-corrected chi connectivity index (χ4v) is 4.09. The monoisotopic (exact) mass is 396 g/mol. The van der Waals surface area contributed by atoms with Crippen molar-refractivity contribution in [3.8, 4) is 0 Å². The van der Waals surface area contributed by atoms with Crippen LogP contribution in [0.15, 0.2) is 34.0 Å². The van der Waals surface area contributed by atoms with Gasteiger partial charge in [0.1, 0.15) is 17.3 Å².